The van der Waals surface area contributed by atoms with Crippen molar-refractivity contribution in [3.05, 3.63) is 76.7 Å². The first-order valence-electron chi connectivity index (χ1n) is 11.7. The Kier molecular flexibility index (Phi) is 5.56. The van der Waals surface area contributed by atoms with Gasteiger partial charge in [0.25, 0.3) is 5.91 Å². The second kappa shape index (κ2) is 8.61. The van der Waals surface area contributed by atoms with E-state index in [1.807, 2.05) is 52.5 Å². The van der Waals surface area contributed by atoms with Gasteiger partial charge in [-0.1, -0.05) is 23.7 Å². The molecule has 7 nitrogen and oxygen atoms in total. The highest BCUT2D eigenvalue weighted by Gasteiger charge is 2.48. The number of halogens is 1. The van der Waals surface area contributed by atoms with Crippen molar-refractivity contribution in [3.8, 4) is 5.69 Å². The number of aryl methyl sites for hydroxylation is 1. The number of quaternary nitrogens is 1. The Morgan fingerprint density at radius 2 is 1.97 bits per heavy atom. The van der Waals surface area contributed by atoms with Crippen molar-refractivity contribution in [1.82, 2.24) is 19.7 Å². The van der Waals surface area contributed by atoms with E-state index >= 15 is 0 Å². The predicted molar refractivity (Wildman–Crippen MR) is 137 cm³/mol. The monoisotopic (exact) mass is 495 g/mol. The number of aromatic nitrogens is 2. The molecule has 2 fully saturated rings. The first-order chi connectivity index (χ1) is 16.5. The summed E-state index contributed by atoms with van der Waals surface area (Å²) < 4.78 is 2.60. The Labute approximate surface area is 209 Å². The van der Waals surface area contributed by atoms with Crippen LogP contribution in [-0.4, -0.2) is 81.1 Å². The molecule has 6 rings (SSSR count). The normalized spacial score (nSPS) is 24.5. The second-order valence-corrected chi connectivity index (χ2v) is 10.6. The van der Waals surface area contributed by atoms with E-state index in [0.717, 1.165) is 67.1 Å². The number of hydrogen-bond acceptors (Lipinski definition) is 5. The molecule has 1 amide bonds. The molecular weight excluding hydrogens is 468 g/mol. The predicted octanol–water partition coefficient (Wildman–Crippen LogP) is 3.57. The SMILES string of the molecule is Cc1cc(N2CCN([N@@+]34C=CC=C3C=C(C(=O)N3CCSC3)C4)CC2)n(-c2ccccc2Cl)n1. The van der Waals surface area contributed by atoms with Gasteiger partial charge in [0.1, 0.15) is 18.6 Å². The molecule has 2 aromatic rings. The molecule has 1 aromatic carbocycles. The smallest absolute Gasteiger partial charge is 0.256 e. The molecular formula is C25H28ClN6OS+. The lowest BCUT2D eigenvalue weighted by Crippen LogP contribution is -2.60. The summed E-state index contributed by atoms with van der Waals surface area (Å²) in [6, 6.07) is 9.97. The van der Waals surface area contributed by atoms with E-state index in [-0.39, 0.29) is 5.91 Å². The maximum absolute atomic E-state index is 13.1. The number of nitrogens with zero attached hydrogens (tertiary/aromatic N) is 6. The molecule has 176 valence electrons. The maximum Gasteiger partial charge on any atom is 0.256 e. The molecule has 0 spiro atoms. The van der Waals surface area contributed by atoms with Crippen LogP contribution in [0, 0.1) is 6.92 Å². The molecule has 4 aliphatic rings. The quantitative estimate of drug-likeness (QED) is 0.607. The highest BCUT2D eigenvalue weighted by molar-refractivity contribution is 7.99. The maximum atomic E-state index is 13.1. The zero-order valence-electron chi connectivity index (χ0n) is 19.2. The molecule has 9 heteroatoms. The van der Waals surface area contributed by atoms with Crippen LogP contribution in [-0.2, 0) is 4.79 Å². The molecule has 0 N–H and O–H groups in total. The Bertz CT molecular complexity index is 1220. The summed E-state index contributed by atoms with van der Waals surface area (Å²) in [4.78, 5) is 17.4. The number of hydrogen-bond donors (Lipinski definition) is 0. The molecule has 0 radical (unpaired) electrons. The fourth-order valence-corrected chi connectivity index (χ4v) is 6.51. The van der Waals surface area contributed by atoms with Gasteiger partial charge in [-0.3, -0.25) is 4.79 Å². The van der Waals surface area contributed by atoms with Crippen molar-refractivity contribution < 1.29 is 9.39 Å². The molecule has 1 atom stereocenters. The first kappa shape index (κ1) is 22.0. The molecule has 0 saturated carbocycles. The highest BCUT2D eigenvalue weighted by Crippen LogP contribution is 2.38. The van der Waals surface area contributed by atoms with Gasteiger partial charge in [0.15, 0.2) is 5.70 Å². The summed E-state index contributed by atoms with van der Waals surface area (Å²) in [5, 5.41) is 7.92. The Hall–Kier alpha value is -2.52. The summed E-state index contributed by atoms with van der Waals surface area (Å²) >= 11 is 8.32. The molecule has 0 aliphatic carbocycles. The molecule has 1 aromatic heterocycles. The van der Waals surface area contributed by atoms with Gasteiger partial charge in [0.2, 0.25) is 0 Å². The summed E-state index contributed by atoms with van der Waals surface area (Å²) in [5.74, 6) is 3.11. The highest BCUT2D eigenvalue weighted by atomic mass is 35.5. The summed E-state index contributed by atoms with van der Waals surface area (Å²) in [6.07, 6.45) is 8.63. The lowest BCUT2D eigenvalue weighted by atomic mass is 10.2. The fraction of sp³-hybridized carbons (Fsp3) is 0.360. The molecule has 2 saturated heterocycles. The van der Waals surface area contributed by atoms with Crippen LogP contribution in [0.4, 0.5) is 5.82 Å². The Balaban J connectivity index is 1.19. The van der Waals surface area contributed by atoms with E-state index in [1.54, 1.807) is 0 Å². The minimum atomic E-state index is 0.198. The topological polar surface area (TPSA) is 44.6 Å². The molecule has 4 aliphatic heterocycles. The van der Waals surface area contributed by atoms with Crippen LogP contribution in [0.15, 0.2) is 66.0 Å². The number of fused-ring (bicyclic) bond motifs is 1. The van der Waals surface area contributed by atoms with Crippen LogP contribution < -0.4 is 4.90 Å². The zero-order chi connectivity index (χ0) is 23.3. The van der Waals surface area contributed by atoms with E-state index in [0.29, 0.717) is 16.2 Å². The van der Waals surface area contributed by atoms with Crippen LogP contribution in [0.5, 0.6) is 0 Å². The van der Waals surface area contributed by atoms with Gasteiger partial charge >= 0.3 is 0 Å². The van der Waals surface area contributed by atoms with Crippen molar-refractivity contribution in [2.24, 2.45) is 0 Å². The molecule has 0 bridgehead atoms. The van der Waals surface area contributed by atoms with Gasteiger partial charge in [0.05, 0.1) is 40.9 Å². The average Bonchev–Trinajstić information content (AvgIpc) is 3.62. The third-order valence-corrected chi connectivity index (χ3v) is 8.36. The van der Waals surface area contributed by atoms with Gasteiger partial charge in [-0.2, -0.15) is 9.69 Å². The van der Waals surface area contributed by atoms with Crippen LogP contribution >= 0.6 is 23.4 Å². The van der Waals surface area contributed by atoms with Crippen molar-refractivity contribution >= 4 is 35.1 Å². The third-order valence-electron chi connectivity index (χ3n) is 7.07. The van der Waals surface area contributed by atoms with E-state index in [1.165, 1.54) is 5.70 Å². The lowest BCUT2D eigenvalue weighted by molar-refractivity contribution is -0.948. The molecule has 5 heterocycles. The number of amides is 1. The number of thioether (sulfide) groups is 1. The van der Waals surface area contributed by atoms with E-state index in [4.69, 9.17) is 16.7 Å². The van der Waals surface area contributed by atoms with Crippen molar-refractivity contribution in [2.75, 3.05) is 55.8 Å². The van der Waals surface area contributed by atoms with Gasteiger partial charge in [-0.15, -0.1) is 16.8 Å². The van der Waals surface area contributed by atoms with Gasteiger partial charge < -0.3 is 9.80 Å². The molecule has 0 unspecified atom stereocenters. The van der Waals surface area contributed by atoms with E-state index < -0.39 is 0 Å². The Morgan fingerprint density at radius 3 is 2.74 bits per heavy atom. The third kappa shape index (κ3) is 3.60. The number of rotatable bonds is 4. The van der Waals surface area contributed by atoms with Gasteiger partial charge in [-0.05, 0) is 25.1 Å². The number of carbonyl (C=O) groups is 1. The fourth-order valence-electron chi connectivity index (χ4n) is 5.34. The summed E-state index contributed by atoms with van der Waals surface area (Å²) in [7, 11) is 0. The van der Waals surface area contributed by atoms with Crippen molar-refractivity contribution in [1.29, 1.82) is 0 Å². The van der Waals surface area contributed by atoms with Crippen LogP contribution in [0.25, 0.3) is 5.69 Å². The number of allylic oxidation sites excluding steroid dienone is 3. The second-order valence-electron chi connectivity index (χ2n) is 9.14. The number of carbonyl (C=O) groups excluding carboxylic acids is 1. The van der Waals surface area contributed by atoms with Crippen LogP contribution in [0.3, 0.4) is 0 Å². The standard InChI is InChI=1S/C25H28ClN6OS/c1-19-15-24(31(27-19)23-7-3-2-6-22(23)26)28-8-10-30(11-9-28)32-13-4-5-21(32)16-20(17-32)25(33)29-12-14-34-18-29/h2-7,13,15-16H,8-12,14,17-18H2,1H3/q+1/t32-/m1/s1. The van der Waals surface area contributed by atoms with Crippen LogP contribution in [0.1, 0.15) is 5.69 Å². The first-order valence-corrected chi connectivity index (χ1v) is 13.3. The minimum absolute atomic E-state index is 0.198. The lowest BCUT2D eigenvalue weighted by Gasteiger charge is -2.44. The Morgan fingerprint density at radius 1 is 1.15 bits per heavy atom. The van der Waals surface area contributed by atoms with Crippen molar-refractivity contribution in [2.45, 2.75) is 6.92 Å². The van der Waals surface area contributed by atoms with E-state index in [2.05, 4.69) is 40.4 Å². The largest absolute Gasteiger partial charge is 0.353 e. The minimum Gasteiger partial charge on any atom is -0.353 e. The number of benzene rings is 1. The summed E-state index contributed by atoms with van der Waals surface area (Å²) in [6.45, 7) is 7.12. The van der Waals surface area contributed by atoms with Gasteiger partial charge in [-0.25, -0.2) is 4.68 Å². The zero-order valence-corrected chi connectivity index (χ0v) is 20.8. The van der Waals surface area contributed by atoms with E-state index in [9.17, 15) is 4.79 Å². The average molecular weight is 496 g/mol. The van der Waals surface area contributed by atoms with Crippen LogP contribution in [0.2, 0.25) is 5.02 Å². The van der Waals surface area contributed by atoms with Crippen molar-refractivity contribution in [3.63, 3.8) is 0 Å². The van der Waals surface area contributed by atoms with Gasteiger partial charge in [0, 0.05) is 43.6 Å². The number of para-hydroxylation sites is 1. The molecule has 34 heavy (non-hydrogen) atoms. The summed E-state index contributed by atoms with van der Waals surface area (Å²) in [5.41, 5.74) is 3.99. The number of piperazine rings is 1. The number of anilines is 1.